The minimum Gasteiger partial charge on any atom is -0.495 e. The van der Waals surface area contributed by atoms with Gasteiger partial charge in [-0.15, -0.1) is 0 Å². The number of anilines is 1. The molecule has 0 saturated carbocycles. The normalized spacial score (nSPS) is 11.7. The Kier molecular flexibility index (Phi) is 6.46. The van der Waals surface area contributed by atoms with Gasteiger partial charge in [-0.3, -0.25) is 0 Å². The topological polar surface area (TPSA) is 59.6 Å². The van der Waals surface area contributed by atoms with Gasteiger partial charge < -0.3 is 20.1 Å². The second-order valence-corrected chi connectivity index (χ2v) is 5.70. The van der Waals surface area contributed by atoms with Crippen LogP contribution < -0.4 is 15.4 Å². The maximum Gasteiger partial charge on any atom is 0.319 e. The van der Waals surface area contributed by atoms with Crippen molar-refractivity contribution in [1.29, 1.82) is 0 Å². The molecule has 0 bridgehead atoms. The molecule has 2 aromatic carbocycles. The van der Waals surface area contributed by atoms with Crippen LogP contribution in [0.4, 0.5) is 10.5 Å². The Balaban J connectivity index is 2.00. The molecule has 0 aliphatic heterocycles. The maximum atomic E-state index is 12.2. The van der Waals surface area contributed by atoms with Crippen LogP contribution in [-0.2, 0) is 4.74 Å². The summed E-state index contributed by atoms with van der Waals surface area (Å²) in [5.74, 6) is 0.539. The molecule has 0 aliphatic rings. The molecule has 0 aliphatic carbocycles. The Morgan fingerprint density at radius 3 is 2.62 bits per heavy atom. The maximum absolute atomic E-state index is 12.2. The fourth-order valence-corrected chi connectivity index (χ4v) is 2.57. The molecule has 24 heavy (non-hydrogen) atoms. The largest absolute Gasteiger partial charge is 0.495 e. The van der Waals surface area contributed by atoms with Gasteiger partial charge in [-0.2, -0.15) is 0 Å². The molecule has 1 atom stereocenters. The Bertz CT molecular complexity index is 706. The summed E-state index contributed by atoms with van der Waals surface area (Å²) < 4.78 is 10.7. The number of methoxy groups -OCH3 is 2. The second-order valence-electron chi connectivity index (χ2n) is 5.26. The molecule has 0 heterocycles. The van der Waals surface area contributed by atoms with Crippen LogP contribution >= 0.6 is 11.6 Å². The standard InChI is InChI=1S/C18H21ClN2O3/c1-12-6-4-5-7-14(12)17(24-3)11-20-18(22)21-15-10-13(19)8-9-16(15)23-2/h4-10,17H,11H2,1-3H3,(H2,20,21,22). The molecule has 0 saturated heterocycles. The van der Waals surface area contributed by atoms with Crippen LogP contribution in [-0.4, -0.2) is 26.8 Å². The quantitative estimate of drug-likeness (QED) is 0.823. The number of benzene rings is 2. The van der Waals surface area contributed by atoms with Gasteiger partial charge in [0.05, 0.1) is 18.9 Å². The summed E-state index contributed by atoms with van der Waals surface area (Å²) in [5, 5.41) is 6.05. The number of carbonyl (C=O) groups excluding carboxylic acids is 1. The number of carbonyl (C=O) groups is 1. The lowest BCUT2D eigenvalue weighted by Crippen LogP contribution is -2.33. The number of rotatable bonds is 6. The first-order chi connectivity index (χ1) is 11.5. The molecule has 2 amide bonds. The van der Waals surface area contributed by atoms with E-state index < -0.39 is 0 Å². The smallest absolute Gasteiger partial charge is 0.319 e. The number of hydrogen-bond acceptors (Lipinski definition) is 3. The van der Waals surface area contributed by atoms with E-state index >= 15 is 0 Å². The number of ether oxygens (including phenoxy) is 2. The number of hydrogen-bond donors (Lipinski definition) is 2. The van der Waals surface area contributed by atoms with Gasteiger partial charge >= 0.3 is 6.03 Å². The van der Waals surface area contributed by atoms with Crippen molar-refractivity contribution in [2.75, 3.05) is 26.1 Å². The van der Waals surface area contributed by atoms with E-state index in [0.717, 1.165) is 11.1 Å². The van der Waals surface area contributed by atoms with Crippen molar-refractivity contribution < 1.29 is 14.3 Å². The highest BCUT2D eigenvalue weighted by Gasteiger charge is 2.15. The van der Waals surface area contributed by atoms with E-state index in [4.69, 9.17) is 21.1 Å². The van der Waals surface area contributed by atoms with Crippen molar-refractivity contribution in [2.45, 2.75) is 13.0 Å². The first-order valence-corrected chi connectivity index (χ1v) is 7.89. The number of aryl methyl sites for hydroxylation is 1. The zero-order valence-corrected chi connectivity index (χ0v) is 14.7. The molecule has 0 fully saturated rings. The van der Waals surface area contributed by atoms with E-state index in [0.29, 0.717) is 23.0 Å². The lowest BCUT2D eigenvalue weighted by molar-refractivity contribution is 0.104. The van der Waals surface area contributed by atoms with Gasteiger partial charge in [-0.05, 0) is 36.2 Å². The molecule has 2 rings (SSSR count). The summed E-state index contributed by atoms with van der Waals surface area (Å²) in [4.78, 5) is 12.2. The van der Waals surface area contributed by atoms with Crippen molar-refractivity contribution in [2.24, 2.45) is 0 Å². The highest BCUT2D eigenvalue weighted by Crippen LogP contribution is 2.27. The van der Waals surface area contributed by atoms with E-state index in [1.54, 1.807) is 25.3 Å². The number of urea groups is 1. The van der Waals surface area contributed by atoms with Gasteiger partial charge in [0.25, 0.3) is 0 Å². The monoisotopic (exact) mass is 348 g/mol. The molecular weight excluding hydrogens is 328 g/mol. The van der Waals surface area contributed by atoms with Crippen LogP contribution in [0.1, 0.15) is 17.2 Å². The molecule has 128 valence electrons. The highest BCUT2D eigenvalue weighted by molar-refractivity contribution is 6.31. The van der Waals surface area contributed by atoms with Gasteiger partial charge in [-0.25, -0.2) is 4.79 Å². The molecule has 0 radical (unpaired) electrons. The molecule has 2 aromatic rings. The summed E-state index contributed by atoms with van der Waals surface area (Å²) in [6, 6.07) is 12.6. The first-order valence-electron chi connectivity index (χ1n) is 7.52. The molecule has 0 spiro atoms. The van der Waals surface area contributed by atoms with E-state index in [1.807, 2.05) is 31.2 Å². The van der Waals surface area contributed by atoms with E-state index in [9.17, 15) is 4.79 Å². The van der Waals surface area contributed by atoms with Gasteiger partial charge in [0.1, 0.15) is 5.75 Å². The van der Waals surface area contributed by atoms with E-state index in [1.165, 1.54) is 7.11 Å². The van der Waals surface area contributed by atoms with Crippen LogP contribution in [0.25, 0.3) is 0 Å². The van der Waals surface area contributed by atoms with Gasteiger partial charge in [-0.1, -0.05) is 35.9 Å². The van der Waals surface area contributed by atoms with Crippen molar-refractivity contribution >= 4 is 23.3 Å². The fraction of sp³-hybridized carbons (Fsp3) is 0.278. The third kappa shape index (κ3) is 4.63. The SMILES string of the molecule is COc1ccc(Cl)cc1NC(=O)NCC(OC)c1ccccc1C. The summed E-state index contributed by atoms with van der Waals surface area (Å²) in [6.07, 6.45) is -0.224. The lowest BCUT2D eigenvalue weighted by atomic mass is 10.0. The molecule has 6 heteroatoms. The zero-order chi connectivity index (χ0) is 17.5. The Labute approximate surface area is 146 Å². The average Bonchev–Trinajstić information content (AvgIpc) is 2.57. The van der Waals surface area contributed by atoms with E-state index in [-0.39, 0.29) is 12.1 Å². The Morgan fingerprint density at radius 1 is 1.21 bits per heavy atom. The van der Waals surface area contributed by atoms with Gasteiger partial charge in [0.15, 0.2) is 0 Å². The van der Waals surface area contributed by atoms with Crippen LogP contribution in [0, 0.1) is 6.92 Å². The summed E-state index contributed by atoms with van der Waals surface area (Å²) >= 11 is 5.96. The molecule has 0 aromatic heterocycles. The second kappa shape index (κ2) is 8.57. The lowest BCUT2D eigenvalue weighted by Gasteiger charge is -2.19. The number of nitrogens with one attached hydrogen (secondary N) is 2. The van der Waals surface area contributed by atoms with E-state index in [2.05, 4.69) is 10.6 Å². The van der Waals surface area contributed by atoms with Gasteiger partial charge in [0.2, 0.25) is 0 Å². The Hall–Kier alpha value is -2.24. The van der Waals surface area contributed by atoms with Crippen molar-refractivity contribution in [3.05, 3.63) is 58.6 Å². The number of amides is 2. The van der Waals surface area contributed by atoms with Crippen LogP contribution in [0.2, 0.25) is 5.02 Å². The molecule has 5 nitrogen and oxygen atoms in total. The summed E-state index contributed by atoms with van der Waals surface area (Å²) in [6.45, 7) is 2.36. The third-order valence-corrected chi connectivity index (χ3v) is 3.91. The van der Waals surface area contributed by atoms with Crippen molar-refractivity contribution in [3.63, 3.8) is 0 Å². The van der Waals surface area contributed by atoms with Gasteiger partial charge in [0, 0.05) is 18.7 Å². The van der Waals surface area contributed by atoms with Crippen LogP contribution in [0.3, 0.4) is 0 Å². The fourth-order valence-electron chi connectivity index (χ4n) is 2.40. The zero-order valence-electron chi connectivity index (χ0n) is 13.9. The first kappa shape index (κ1) is 18.1. The molecular formula is C18H21ClN2O3. The minimum atomic E-state index is -0.355. The van der Waals surface area contributed by atoms with Crippen molar-refractivity contribution in [3.8, 4) is 5.75 Å². The summed E-state index contributed by atoms with van der Waals surface area (Å²) in [5.41, 5.74) is 2.66. The summed E-state index contributed by atoms with van der Waals surface area (Å²) in [7, 11) is 3.15. The average molecular weight is 349 g/mol. The van der Waals surface area contributed by atoms with Crippen molar-refractivity contribution in [1.82, 2.24) is 5.32 Å². The number of halogens is 1. The highest BCUT2D eigenvalue weighted by atomic mass is 35.5. The minimum absolute atomic E-state index is 0.224. The third-order valence-electron chi connectivity index (χ3n) is 3.68. The molecule has 2 N–H and O–H groups in total. The Morgan fingerprint density at radius 2 is 1.96 bits per heavy atom. The van der Waals surface area contributed by atoms with Crippen LogP contribution in [0.15, 0.2) is 42.5 Å². The predicted octanol–water partition coefficient (Wildman–Crippen LogP) is 4.17. The van der Waals surface area contributed by atoms with Crippen LogP contribution in [0.5, 0.6) is 5.75 Å². The predicted molar refractivity (Wildman–Crippen MR) is 96.0 cm³/mol. The molecule has 1 unspecified atom stereocenters.